The smallest absolute Gasteiger partial charge is 0.247 e. The number of likely N-dealkylation sites (N-methyl/N-ethyl adjacent to an activating group) is 1. The zero-order valence-electron chi connectivity index (χ0n) is 21.5. The minimum atomic E-state index is -0.709. The van der Waals surface area contributed by atoms with Gasteiger partial charge in [0.2, 0.25) is 17.7 Å². The molecule has 0 saturated carbocycles. The van der Waals surface area contributed by atoms with Crippen LogP contribution in [0, 0.1) is 17.8 Å². The number of morpholine rings is 1. The van der Waals surface area contributed by atoms with E-state index in [-0.39, 0.29) is 42.0 Å². The molecular formula is C26H40N4O5S. The monoisotopic (exact) mass is 520 g/mol. The van der Waals surface area contributed by atoms with Crippen molar-refractivity contribution in [3.05, 3.63) is 25.3 Å². The Hall–Kier alpha value is -1.88. The number of hydrogen-bond donors (Lipinski definition) is 1. The van der Waals surface area contributed by atoms with Crippen molar-refractivity contribution in [2.75, 3.05) is 72.7 Å². The van der Waals surface area contributed by atoms with Crippen LogP contribution in [0.4, 0.5) is 0 Å². The fourth-order valence-corrected chi connectivity index (χ4v) is 9.08. The highest BCUT2D eigenvalue weighted by Crippen LogP contribution is 2.68. The Bertz CT molecular complexity index is 880. The van der Waals surface area contributed by atoms with Gasteiger partial charge >= 0.3 is 0 Å². The number of β-amino-alcohol motifs (C(OH)–C–C–N with tert-alkyl or cyclic N) is 1. The van der Waals surface area contributed by atoms with Crippen molar-refractivity contribution in [1.29, 1.82) is 0 Å². The lowest BCUT2D eigenvalue weighted by molar-refractivity contribution is -0.144. The number of fused-ring (bicyclic) bond motifs is 1. The third kappa shape index (κ3) is 4.50. The first kappa shape index (κ1) is 27.2. The van der Waals surface area contributed by atoms with E-state index in [1.54, 1.807) is 45.7 Å². The van der Waals surface area contributed by atoms with E-state index in [9.17, 15) is 19.5 Å². The van der Waals surface area contributed by atoms with Crippen LogP contribution in [0.1, 0.15) is 13.3 Å². The minimum absolute atomic E-state index is 0.00139. The Morgan fingerprint density at radius 3 is 2.53 bits per heavy atom. The summed E-state index contributed by atoms with van der Waals surface area (Å²) in [5, 5.41) is 9.84. The second-order valence-corrected chi connectivity index (χ2v) is 11.9. The zero-order valence-corrected chi connectivity index (χ0v) is 22.3. The molecule has 0 aromatic carbocycles. The molecular weight excluding hydrogens is 480 g/mol. The summed E-state index contributed by atoms with van der Waals surface area (Å²) in [6.07, 6.45) is 4.19. The predicted molar refractivity (Wildman–Crippen MR) is 139 cm³/mol. The maximum atomic E-state index is 14.3. The van der Waals surface area contributed by atoms with Gasteiger partial charge in [0.05, 0.1) is 36.4 Å². The van der Waals surface area contributed by atoms with Gasteiger partial charge in [-0.3, -0.25) is 19.3 Å². The number of aliphatic hydroxyl groups excluding tert-OH is 1. The largest absolute Gasteiger partial charge is 0.395 e. The molecule has 1 spiro atoms. The number of carbonyl (C=O) groups is 3. The Labute approximate surface area is 218 Å². The van der Waals surface area contributed by atoms with Crippen LogP contribution in [0.5, 0.6) is 0 Å². The number of ether oxygens (including phenoxy) is 1. The van der Waals surface area contributed by atoms with Gasteiger partial charge in [0.15, 0.2) is 0 Å². The van der Waals surface area contributed by atoms with Gasteiger partial charge in [0.25, 0.3) is 0 Å². The Morgan fingerprint density at radius 2 is 1.89 bits per heavy atom. The summed E-state index contributed by atoms with van der Waals surface area (Å²) in [4.78, 5) is 48.9. The number of carbonyl (C=O) groups excluding carboxylic acids is 3. The number of hydrogen-bond acceptors (Lipinski definition) is 7. The second kappa shape index (κ2) is 11.2. The van der Waals surface area contributed by atoms with E-state index in [0.717, 1.165) is 26.1 Å². The molecule has 3 unspecified atom stereocenters. The van der Waals surface area contributed by atoms with E-state index in [1.165, 1.54) is 0 Å². The van der Waals surface area contributed by atoms with E-state index >= 15 is 0 Å². The first-order valence-electron chi connectivity index (χ1n) is 13.0. The van der Waals surface area contributed by atoms with E-state index in [2.05, 4.69) is 25.0 Å². The van der Waals surface area contributed by atoms with Gasteiger partial charge in [0.1, 0.15) is 6.04 Å². The fraction of sp³-hybridized carbons (Fsp3) is 0.731. The van der Waals surface area contributed by atoms with Crippen LogP contribution >= 0.6 is 11.8 Å². The standard InChI is InChI=1S/C26H40N4O5S/c1-5-7-27(4)23(32)20-19-17-18(3)26(36-19)21(20)24(33)30(11-14-31)22(26)25(34)29(8-6-2)10-9-28-12-15-35-16-13-28/h5-6,18-22,31H,1-2,7-17H2,3-4H3/t18?,19-,20+,21-,22?,26?/m0/s1. The van der Waals surface area contributed by atoms with Crippen LogP contribution in [0.2, 0.25) is 0 Å². The molecule has 4 rings (SSSR count). The normalized spacial score (nSPS) is 33.5. The molecule has 36 heavy (non-hydrogen) atoms. The molecule has 6 atom stereocenters. The molecule has 2 bridgehead atoms. The average Bonchev–Trinajstić information content (AvgIpc) is 3.46. The number of nitrogens with zero attached hydrogens (tertiary/aromatic N) is 4. The highest BCUT2D eigenvalue weighted by atomic mass is 32.2. The highest BCUT2D eigenvalue weighted by molar-refractivity contribution is 8.02. The molecule has 0 aromatic rings. The molecule has 9 nitrogen and oxygen atoms in total. The molecule has 200 valence electrons. The van der Waals surface area contributed by atoms with Crippen molar-refractivity contribution >= 4 is 29.5 Å². The molecule has 1 N–H and O–H groups in total. The van der Waals surface area contributed by atoms with E-state index in [4.69, 9.17) is 4.74 Å². The van der Waals surface area contributed by atoms with Gasteiger partial charge in [-0.05, 0) is 12.3 Å². The van der Waals surface area contributed by atoms with E-state index in [1.807, 2.05) is 0 Å². The summed E-state index contributed by atoms with van der Waals surface area (Å²) in [6, 6.07) is -0.709. The number of likely N-dealkylation sites (tertiary alicyclic amines) is 1. The summed E-state index contributed by atoms with van der Waals surface area (Å²) in [5.41, 5.74) is 0. The summed E-state index contributed by atoms with van der Waals surface area (Å²) < 4.78 is 4.76. The summed E-state index contributed by atoms with van der Waals surface area (Å²) in [7, 11) is 1.74. The van der Waals surface area contributed by atoms with Crippen LogP contribution in [-0.2, 0) is 19.1 Å². The molecule has 4 fully saturated rings. The lowest BCUT2D eigenvalue weighted by atomic mass is 9.65. The predicted octanol–water partition coefficient (Wildman–Crippen LogP) is 0.307. The molecule has 4 aliphatic heterocycles. The molecule has 0 aromatic heterocycles. The first-order valence-corrected chi connectivity index (χ1v) is 13.8. The number of aliphatic hydroxyl groups is 1. The Kier molecular flexibility index (Phi) is 8.49. The summed E-state index contributed by atoms with van der Waals surface area (Å²) in [6.45, 7) is 14.6. The number of rotatable bonds is 11. The second-order valence-electron chi connectivity index (χ2n) is 10.3. The third-order valence-corrected chi connectivity index (χ3v) is 10.4. The van der Waals surface area contributed by atoms with Crippen molar-refractivity contribution in [2.24, 2.45) is 17.8 Å². The van der Waals surface area contributed by atoms with Gasteiger partial charge < -0.3 is 24.5 Å². The summed E-state index contributed by atoms with van der Waals surface area (Å²) in [5.74, 6) is -1.30. The van der Waals surface area contributed by atoms with Crippen molar-refractivity contribution in [2.45, 2.75) is 29.4 Å². The van der Waals surface area contributed by atoms with Crippen molar-refractivity contribution < 1.29 is 24.2 Å². The van der Waals surface area contributed by atoms with Gasteiger partial charge in [-0.15, -0.1) is 24.9 Å². The van der Waals surface area contributed by atoms with Crippen LogP contribution in [0.25, 0.3) is 0 Å². The highest BCUT2D eigenvalue weighted by Gasteiger charge is 2.76. The SMILES string of the molecule is C=CCN(C)C(=O)[C@@H]1[C@@H]2CC(C)C3(S2)C(C(=O)N(CC=C)CCN2CCOCC2)N(CCO)C(=O)[C@H]13. The maximum Gasteiger partial charge on any atom is 0.247 e. The summed E-state index contributed by atoms with van der Waals surface area (Å²) >= 11 is 1.66. The van der Waals surface area contributed by atoms with Gasteiger partial charge in [0, 0.05) is 58.1 Å². The average molecular weight is 521 g/mol. The lowest BCUT2D eigenvalue weighted by Gasteiger charge is -2.41. The molecule has 0 radical (unpaired) electrons. The van der Waals surface area contributed by atoms with Gasteiger partial charge in [-0.1, -0.05) is 19.1 Å². The van der Waals surface area contributed by atoms with Crippen LogP contribution in [0.3, 0.4) is 0 Å². The Balaban J connectivity index is 1.65. The zero-order chi connectivity index (χ0) is 26.0. The Morgan fingerprint density at radius 1 is 1.19 bits per heavy atom. The fourth-order valence-electron chi connectivity index (χ4n) is 6.67. The quantitative estimate of drug-likeness (QED) is 0.392. The lowest BCUT2D eigenvalue weighted by Crippen LogP contribution is -2.58. The van der Waals surface area contributed by atoms with Gasteiger partial charge in [-0.25, -0.2) is 0 Å². The van der Waals surface area contributed by atoms with Crippen molar-refractivity contribution in [1.82, 2.24) is 19.6 Å². The van der Waals surface area contributed by atoms with Crippen molar-refractivity contribution in [3.8, 4) is 0 Å². The topological polar surface area (TPSA) is 93.6 Å². The number of amides is 3. The van der Waals surface area contributed by atoms with Gasteiger partial charge in [-0.2, -0.15) is 0 Å². The molecule has 4 heterocycles. The molecule has 4 saturated heterocycles. The molecule has 10 heteroatoms. The van der Waals surface area contributed by atoms with Crippen LogP contribution in [-0.4, -0.2) is 131 Å². The molecule has 4 aliphatic rings. The maximum absolute atomic E-state index is 14.3. The molecule has 3 amide bonds. The molecule has 0 aliphatic carbocycles. The number of thioether (sulfide) groups is 1. The van der Waals surface area contributed by atoms with Crippen molar-refractivity contribution in [3.63, 3.8) is 0 Å². The first-order chi connectivity index (χ1) is 17.3. The minimum Gasteiger partial charge on any atom is -0.395 e. The van der Waals surface area contributed by atoms with E-state index in [0.29, 0.717) is 32.8 Å². The van der Waals surface area contributed by atoms with E-state index < -0.39 is 22.6 Å². The van der Waals surface area contributed by atoms with Crippen LogP contribution < -0.4 is 0 Å². The van der Waals surface area contributed by atoms with Crippen LogP contribution in [0.15, 0.2) is 25.3 Å². The third-order valence-electron chi connectivity index (χ3n) is 8.34.